The molecule has 0 saturated heterocycles. The van der Waals surface area contributed by atoms with Crippen LogP contribution in [0.2, 0.25) is 0 Å². The summed E-state index contributed by atoms with van der Waals surface area (Å²) in [5.74, 6) is 2.00. The second kappa shape index (κ2) is 4.38. The standard InChI is InChI=1S/C10H6F2O2/c1-14-10(13)5-3-7-2-4-8(11)6-9(7)12/h2,4,6H,1H3. The molecule has 1 aromatic rings. The zero-order valence-electron chi connectivity index (χ0n) is 7.30. The molecular formula is C10H6F2O2. The maximum Gasteiger partial charge on any atom is 0.384 e. The van der Waals surface area contributed by atoms with Crippen LogP contribution in [0.4, 0.5) is 8.78 Å². The average Bonchev–Trinajstić information content (AvgIpc) is 2.16. The Labute approximate surface area is 79.5 Å². The van der Waals surface area contributed by atoms with E-state index in [1.165, 1.54) is 0 Å². The van der Waals surface area contributed by atoms with Crippen molar-refractivity contribution < 1.29 is 18.3 Å². The number of carbonyl (C=O) groups is 1. The van der Waals surface area contributed by atoms with Crippen LogP contribution in [-0.4, -0.2) is 13.1 Å². The van der Waals surface area contributed by atoms with Gasteiger partial charge in [0, 0.05) is 12.0 Å². The van der Waals surface area contributed by atoms with Crippen molar-refractivity contribution >= 4 is 5.97 Å². The number of methoxy groups -OCH3 is 1. The van der Waals surface area contributed by atoms with Crippen molar-refractivity contribution in [3.05, 3.63) is 35.4 Å². The number of carbonyl (C=O) groups excluding carboxylic acids is 1. The highest BCUT2D eigenvalue weighted by Gasteiger charge is 2.00. The Morgan fingerprint density at radius 1 is 1.43 bits per heavy atom. The first-order chi connectivity index (χ1) is 6.63. The number of rotatable bonds is 0. The zero-order chi connectivity index (χ0) is 10.6. The van der Waals surface area contributed by atoms with Gasteiger partial charge in [0.05, 0.1) is 12.7 Å². The van der Waals surface area contributed by atoms with Crippen LogP contribution in [0.15, 0.2) is 18.2 Å². The van der Waals surface area contributed by atoms with E-state index >= 15 is 0 Å². The molecule has 0 aliphatic heterocycles. The van der Waals surface area contributed by atoms with Crippen molar-refractivity contribution in [2.75, 3.05) is 7.11 Å². The van der Waals surface area contributed by atoms with Crippen LogP contribution in [0.3, 0.4) is 0 Å². The fourth-order valence-corrected chi connectivity index (χ4v) is 0.760. The first-order valence-corrected chi connectivity index (χ1v) is 3.68. The van der Waals surface area contributed by atoms with E-state index in [1.807, 2.05) is 5.92 Å². The fourth-order valence-electron chi connectivity index (χ4n) is 0.760. The summed E-state index contributed by atoms with van der Waals surface area (Å²) in [5.41, 5.74) is -0.0446. The average molecular weight is 196 g/mol. The van der Waals surface area contributed by atoms with Gasteiger partial charge >= 0.3 is 5.97 Å². The molecule has 0 N–H and O–H groups in total. The van der Waals surface area contributed by atoms with Gasteiger partial charge in [-0.05, 0) is 12.1 Å². The summed E-state index contributed by atoms with van der Waals surface area (Å²) in [7, 11) is 1.16. The van der Waals surface area contributed by atoms with Gasteiger partial charge in [-0.1, -0.05) is 5.92 Å². The minimum Gasteiger partial charge on any atom is -0.459 e. The van der Waals surface area contributed by atoms with Crippen LogP contribution in [0.5, 0.6) is 0 Å². The molecule has 0 spiro atoms. The summed E-state index contributed by atoms with van der Waals surface area (Å²) in [4.78, 5) is 10.6. The summed E-state index contributed by atoms with van der Waals surface area (Å²) < 4.78 is 29.6. The third-order valence-corrected chi connectivity index (χ3v) is 1.42. The molecule has 0 aliphatic rings. The van der Waals surface area contributed by atoms with E-state index in [0.29, 0.717) is 6.07 Å². The van der Waals surface area contributed by atoms with Crippen molar-refractivity contribution in [3.8, 4) is 11.8 Å². The maximum atomic E-state index is 12.9. The lowest BCUT2D eigenvalue weighted by Gasteiger charge is -1.93. The Hall–Kier alpha value is -1.89. The third kappa shape index (κ3) is 2.56. The van der Waals surface area contributed by atoms with Crippen LogP contribution in [-0.2, 0) is 9.53 Å². The monoisotopic (exact) mass is 196 g/mol. The van der Waals surface area contributed by atoms with Gasteiger partial charge in [0.2, 0.25) is 0 Å². The molecule has 0 fully saturated rings. The molecule has 1 rings (SSSR count). The predicted octanol–water partition coefficient (Wildman–Crippen LogP) is 1.49. The number of benzene rings is 1. The summed E-state index contributed by atoms with van der Waals surface area (Å²) in [6, 6.07) is 2.91. The van der Waals surface area contributed by atoms with E-state index in [4.69, 9.17) is 0 Å². The first-order valence-electron chi connectivity index (χ1n) is 3.68. The van der Waals surface area contributed by atoms with Gasteiger partial charge in [0.15, 0.2) is 0 Å². The zero-order valence-corrected chi connectivity index (χ0v) is 7.30. The Balaban J connectivity index is 2.96. The molecule has 14 heavy (non-hydrogen) atoms. The molecule has 0 amide bonds. The van der Waals surface area contributed by atoms with Gasteiger partial charge in [0.25, 0.3) is 0 Å². The summed E-state index contributed by atoms with van der Waals surface area (Å²) in [5, 5.41) is 0. The molecule has 0 heterocycles. The minimum atomic E-state index is -0.804. The molecule has 72 valence electrons. The molecule has 1 aromatic carbocycles. The Morgan fingerprint density at radius 3 is 2.71 bits per heavy atom. The van der Waals surface area contributed by atoms with E-state index in [-0.39, 0.29) is 5.56 Å². The number of ether oxygens (including phenoxy) is 1. The quantitative estimate of drug-likeness (QED) is 0.464. The highest BCUT2D eigenvalue weighted by atomic mass is 19.1. The van der Waals surface area contributed by atoms with Crippen molar-refractivity contribution in [2.24, 2.45) is 0 Å². The van der Waals surface area contributed by atoms with Gasteiger partial charge in [-0.3, -0.25) is 0 Å². The third-order valence-electron chi connectivity index (χ3n) is 1.42. The molecule has 0 bridgehead atoms. The highest BCUT2D eigenvalue weighted by molar-refractivity contribution is 5.88. The number of halogens is 2. The lowest BCUT2D eigenvalue weighted by atomic mass is 10.2. The molecule has 0 aromatic heterocycles. The molecular weight excluding hydrogens is 190 g/mol. The van der Waals surface area contributed by atoms with Crippen molar-refractivity contribution in [3.63, 3.8) is 0 Å². The van der Waals surface area contributed by atoms with E-state index in [0.717, 1.165) is 19.2 Å². The summed E-state index contributed by atoms with van der Waals surface area (Å²) in [6.45, 7) is 0. The second-order valence-electron chi connectivity index (χ2n) is 2.37. The van der Waals surface area contributed by atoms with E-state index in [2.05, 4.69) is 10.7 Å². The maximum absolute atomic E-state index is 12.9. The minimum absolute atomic E-state index is 0.0446. The molecule has 0 aliphatic carbocycles. The Bertz CT molecular complexity index is 416. The molecule has 0 atom stereocenters. The van der Waals surface area contributed by atoms with Gasteiger partial charge in [-0.15, -0.1) is 0 Å². The van der Waals surface area contributed by atoms with E-state index in [9.17, 15) is 13.6 Å². The van der Waals surface area contributed by atoms with Gasteiger partial charge < -0.3 is 4.74 Å². The van der Waals surface area contributed by atoms with Crippen molar-refractivity contribution in [2.45, 2.75) is 0 Å². The smallest absolute Gasteiger partial charge is 0.384 e. The van der Waals surface area contributed by atoms with Crippen molar-refractivity contribution in [1.82, 2.24) is 0 Å². The lowest BCUT2D eigenvalue weighted by Crippen LogP contribution is -1.95. The first kappa shape index (κ1) is 10.2. The van der Waals surface area contributed by atoms with Crippen LogP contribution in [0.1, 0.15) is 5.56 Å². The Kier molecular flexibility index (Phi) is 3.19. The summed E-state index contributed by atoms with van der Waals surface area (Å²) >= 11 is 0. The van der Waals surface area contributed by atoms with Gasteiger partial charge in [0.1, 0.15) is 11.6 Å². The predicted molar refractivity (Wildman–Crippen MR) is 45.3 cm³/mol. The largest absolute Gasteiger partial charge is 0.459 e. The highest BCUT2D eigenvalue weighted by Crippen LogP contribution is 2.07. The number of hydrogen-bond donors (Lipinski definition) is 0. The van der Waals surface area contributed by atoms with Crippen LogP contribution in [0, 0.1) is 23.5 Å². The molecule has 0 unspecified atom stereocenters. The fraction of sp³-hybridized carbons (Fsp3) is 0.100. The normalized spacial score (nSPS) is 8.79. The van der Waals surface area contributed by atoms with Crippen LogP contribution in [0.25, 0.3) is 0 Å². The van der Waals surface area contributed by atoms with E-state index in [1.54, 1.807) is 0 Å². The lowest BCUT2D eigenvalue weighted by molar-refractivity contribution is -0.133. The number of esters is 1. The SMILES string of the molecule is COC(=O)C#Cc1ccc(F)cc1F. The van der Waals surface area contributed by atoms with E-state index < -0.39 is 17.6 Å². The second-order valence-corrected chi connectivity index (χ2v) is 2.37. The number of hydrogen-bond acceptors (Lipinski definition) is 2. The Morgan fingerprint density at radius 2 is 2.14 bits per heavy atom. The van der Waals surface area contributed by atoms with Gasteiger partial charge in [-0.25, -0.2) is 13.6 Å². The molecule has 0 saturated carbocycles. The van der Waals surface area contributed by atoms with Crippen molar-refractivity contribution in [1.29, 1.82) is 0 Å². The topological polar surface area (TPSA) is 26.3 Å². The molecule has 0 radical (unpaired) electrons. The molecule has 2 nitrogen and oxygen atoms in total. The molecule has 4 heteroatoms. The van der Waals surface area contributed by atoms with Gasteiger partial charge in [-0.2, -0.15) is 0 Å². The summed E-state index contributed by atoms with van der Waals surface area (Å²) in [6.07, 6.45) is 0. The van der Waals surface area contributed by atoms with Crippen LogP contribution >= 0.6 is 0 Å². The van der Waals surface area contributed by atoms with Crippen LogP contribution < -0.4 is 0 Å².